The molecule has 1 aliphatic heterocycles. The maximum atomic E-state index is 13.0. The molecule has 1 heterocycles. The first-order chi connectivity index (χ1) is 14.0. The number of hydrogen-bond acceptors (Lipinski definition) is 4. The fourth-order valence-electron chi connectivity index (χ4n) is 3.85. The van der Waals surface area contributed by atoms with Gasteiger partial charge in [0.05, 0.1) is 6.54 Å². The third-order valence-corrected chi connectivity index (χ3v) is 5.19. The number of rotatable bonds is 6. The summed E-state index contributed by atoms with van der Waals surface area (Å²) in [5.74, 6) is -0.990. The molecule has 158 valence electrons. The monoisotopic (exact) mass is 416 g/mol. The highest BCUT2D eigenvalue weighted by Crippen LogP contribution is 2.31. The zero-order chi connectivity index (χ0) is 22.2. The van der Waals surface area contributed by atoms with Crippen molar-refractivity contribution in [3.8, 4) is 5.75 Å². The van der Waals surface area contributed by atoms with Crippen molar-refractivity contribution in [3.05, 3.63) is 64.2 Å². The van der Waals surface area contributed by atoms with Gasteiger partial charge in [-0.15, -0.1) is 0 Å². The lowest BCUT2D eigenvalue weighted by atomic mass is 9.91. The molecule has 8 heteroatoms. The van der Waals surface area contributed by atoms with Crippen LogP contribution in [-0.2, 0) is 10.3 Å². The summed E-state index contributed by atoms with van der Waals surface area (Å²) >= 11 is 0. The third kappa shape index (κ3) is 3.90. The minimum atomic E-state index is -2.96. The molecule has 2 aromatic carbocycles. The molecule has 1 N–H and O–H groups in total. The van der Waals surface area contributed by atoms with Crippen LogP contribution in [0.1, 0.15) is 39.5 Å². The van der Waals surface area contributed by atoms with E-state index >= 15 is 0 Å². The number of nitrogens with zero attached hydrogens (tertiary/aromatic N) is 1. The van der Waals surface area contributed by atoms with Gasteiger partial charge in [0, 0.05) is 5.56 Å². The Labute approximate surface area is 172 Å². The number of alkyl halides is 2. The highest BCUT2D eigenvalue weighted by atomic mass is 19.3. The number of ketones is 1. The predicted molar refractivity (Wildman–Crippen MR) is 106 cm³/mol. The van der Waals surface area contributed by atoms with E-state index in [2.05, 4.69) is 10.1 Å². The molecule has 1 unspecified atom stereocenters. The molecule has 3 amide bonds. The van der Waals surface area contributed by atoms with E-state index in [-0.39, 0.29) is 11.5 Å². The highest BCUT2D eigenvalue weighted by molar-refractivity contribution is 6.11. The summed E-state index contributed by atoms with van der Waals surface area (Å²) in [7, 11) is 0. The number of carbonyl (C=O) groups is 3. The molecular formula is C22H22F2N2O4. The molecule has 2 aromatic rings. The van der Waals surface area contributed by atoms with Gasteiger partial charge in [-0.1, -0.05) is 29.8 Å². The summed E-state index contributed by atoms with van der Waals surface area (Å²) in [4.78, 5) is 39.3. The average molecular weight is 416 g/mol. The van der Waals surface area contributed by atoms with Crippen LogP contribution in [0.25, 0.3) is 0 Å². The summed E-state index contributed by atoms with van der Waals surface area (Å²) in [6.45, 7) is 3.70. The van der Waals surface area contributed by atoms with E-state index in [0.29, 0.717) is 11.1 Å². The Hall–Kier alpha value is -3.29. The summed E-state index contributed by atoms with van der Waals surface area (Å²) in [5.41, 5.74) is 2.04. The Kier molecular flexibility index (Phi) is 5.61. The van der Waals surface area contributed by atoms with Crippen molar-refractivity contribution in [3.63, 3.8) is 0 Å². The van der Waals surface area contributed by atoms with Crippen molar-refractivity contribution >= 4 is 17.7 Å². The average Bonchev–Trinajstić information content (AvgIpc) is 2.85. The fourth-order valence-corrected chi connectivity index (χ4v) is 3.85. The van der Waals surface area contributed by atoms with Crippen LogP contribution in [0.2, 0.25) is 0 Å². The molecule has 3 rings (SSSR count). The Balaban J connectivity index is 1.83. The number of urea groups is 1. The Morgan fingerprint density at radius 2 is 1.67 bits per heavy atom. The number of halogens is 2. The minimum absolute atomic E-state index is 0.0634. The fraction of sp³-hybridized carbons (Fsp3) is 0.318. The molecule has 0 spiro atoms. The maximum absolute atomic E-state index is 13.0. The Morgan fingerprint density at radius 1 is 1.10 bits per heavy atom. The standard InChI is InChI=1S/C22H22F2N2O4/c1-12-9-13(2)18(14(3)10-12)17(27)11-26-19(28)22(4,25-21(26)29)15-5-7-16(8-6-15)30-20(23)24/h5-10,20H,11H2,1-4H3,(H,25,29). The van der Waals surface area contributed by atoms with Crippen molar-refractivity contribution < 1.29 is 27.9 Å². The normalized spacial score (nSPS) is 18.7. The predicted octanol–water partition coefficient (Wildman–Crippen LogP) is 3.86. The lowest BCUT2D eigenvalue weighted by molar-refractivity contribution is -0.130. The first kappa shape index (κ1) is 21.4. The number of hydrogen-bond donors (Lipinski definition) is 1. The van der Waals surface area contributed by atoms with E-state index in [9.17, 15) is 23.2 Å². The second-order valence-corrected chi connectivity index (χ2v) is 7.55. The Morgan fingerprint density at radius 3 is 2.20 bits per heavy atom. The number of imide groups is 1. The molecule has 0 aromatic heterocycles. The first-order valence-corrected chi connectivity index (χ1v) is 9.33. The van der Waals surface area contributed by atoms with Crippen molar-refractivity contribution in [2.24, 2.45) is 0 Å². The molecule has 0 bridgehead atoms. The summed E-state index contributed by atoms with van der Waals surface area (Å²) in [6.07, 6.45) is 0. The minimum Gasteiger partial charge on any atom is -0.435 e. The lowest BCUT2D eigenvalue weighted by Crippen LogP contribution is -2.41. The zero-order valence-electron chi connectivity index (χ0n) is 17.1. The molecular weight excluding hydrogens is 394 g/mol. The zero-order valence-corrected chi connectivity index (χ0v) is 17.1. The van der Waals surface area contributed by atoms with Crippen LogP contribution >= 0.6 is 0 Å². The largest absolute Gasteiger partial charge is 0.435 e. The van der Waals surface area contributed by atoms with E-state index in [1.54, 1.807) is 0 Å². The van der Waals surface area contributed by atoms with Crippen LogP contribution in [0, 0.1) is 20.8 Å². The van der Waals surface area contributed by atoms with Gasteiger partial charge in [-0.05, 0) is 56.5 Å². The number of aryl methyl sites for hydroxylation is 3. The van der Waals surface area contributed by atoms with Crippen LogP contribution in [-0.4, -0.2) is 35.8 Å². The van der Waals surface area contributed by atoms with Gasteiger partial charge in [-0.2, -0.15) is 8.78 Å². The molecule has 1 aliphatic rings. The van der Waals surface area contributed by atoms with Crippen molar-refractivity contribution in [1.29, 1.82) is 0 Å². The molecule has 1 atom stereocenters. The molecule has 0 saturated carbocycles. The number of amides is 3. The van der Waals surface area contributed by atoms with Crippen LogP contribution in [0.3, 0.4) is 0 Å². The molecule has 1 fully saturated rings. The van der Waals surface area contributed by atoms with Gasteiger partial charge in [0.1, 0.15) is 11.3 Å². The van der Waals surface area contributed by atoms with Gasteiger partial charge < -0.3 is 10.1 Å². The molecule has 30 heavy (non-hydrogen) atoms. The Bertz CT molecular complexity index is 997. The van der Waals surface area contributed by atoms with Crippen LogP contribution < -0.4 is 10.1 Å². The number of carbonyl (C=O) groups excluding carboxylic acids is 3. The highest BCUT2D eigenvalue weighted by Gasteiger charge is 2.49. The number of Topliss-reactive ketones (excluding diaryl/α,β-unsaturated/α-hetero) is 1. The van der Waals surface area contributed by atoms with Crippen molar-refractivity contribution in [2.45, 2.75) is 39.8 Å². The number of ether oxygens (including phenoxy) is 1. The van der Waals surface area contributed by atoms with Crippen LogP contribution in [0.5, 0.6) is 5.75 Å². The van der Waals surface area contributed by atoms with Gasteiger partial charge in [-0.25, -0.2) is 4.79 Å². The van der Waals surface area contributed by atoms with Gasteiger partial charge in [0.2, 0.25) is 0 Å². The summed E-state index contributed by atoms with van der Waals surface area (Å²) < 4.78 is 29.0. The third-order valence-electron chi connectivity index (χ3n) is 5.19. The van der Waals surface area contributed by atoms with Gasteiger partial charge in [0.15, 0.2) is 5.78 Å². The maximum Gasteiger partial charge on any atom is 0.387 e. The molecule has 6 nitrogen and oxygen atoms in total. The van der Waals surface area contributed by atoms with E-state index in [1.807, 2.05) is 32.9 Å². The van der Waals surface area contributed by atoms with E-state index in [0.717, 1.165) is 21.6 Å². The van der Waals surface area contributed by atoms with E-state index in [4.69, 9.17) is 0 Å². The number of benzene rings is 2. The second kappa shape index (κ2) is 7.85. The topological polar surface area (TPSA) is 75.7 Å². The van der Waals surface area contributed by atoms with Gasteiger partial charge in [-0.3, -0.25) is 14.5 Å². The lowest BCUT2D eigenvalue weighted by Gasteiger charge is -2.22. The van der Waals surface area contributed by atoms with Gasteiger partial charge >= 0.3 is 12.6 Å². The summed E-state index contributed by atoms with van der Waals surface area (Å²) in [6, 6.07) is 8.49. The molecule has 1 saturated heterocycles. The SMILES string of the molecule is Cc1cc(C)c(C(=O)CN2C(=O)NC(C)(c3ccc(OC(F)F)cc3)C2=O)c(C)c1. The molecule has 0 aliphatic carbocycles. The van der Waals surface area contributed by atoms with Gasteiger partial charge in [0.25, 0.3) is 5.91 Å². The van der Waals surface area contributed by atoms with E-state index < -0.39 is 30.6 Å². The van der Waals surface area contributed by atoms with Crippen LogP contribution in [0.4, 0.5) is 13.6 Å². The smallest absolute Gasteiger partial charge is 0.387 e. The van der Waals surface area contributed by atoms with Crippen molar-refractivity contribution in [2.75, 3.05) is 6.54 Å². The van der Waals surface area contributed by atoms with E-state index in [1.165, 1.54) is 31.2 Å². The molecule has 0 radical (unpaired) electrons. The number of nitrogens with one attached hydrogen (secondary N) is 1. The van der Waals surface area contributed by atoms with Crippen molar-refractivity contribution in [1.82, 2.24) is 10.2 Å². The summed E-state index contributed by atoms with van der Waals surface area (Å²) in [5, 5.41) is 2.60. The first-order valence-electron chi connectivity index (χ1n) is 9.33. The quantitative estimate of drug-likeness (QED) is 0.573. The second-order valence-electron chi connectivity index (χ2n) is 7.55. The van der Waals surface area contributed by atoms with Crippen LogP contribution in [0.15, 0.2) is 36.4 Å².